The van der Waals surface area contributed by atoms with E-state index < -0.39 is 11.9 Å². The second-order valence-electron chi connectivity index (χ2n) is 5.47. The van der Waals surface area contributed by atoms with Gasteiger partial charge in [-0.25, -0.2) is 9.59 Å². The SMILES string of the molecule is COCCOC(c1ccc(C(=O)OC)cc1)c1ccc(C(=O)OC)cc1. The van der Waals surface area contributed by atoms with Crippen molar-refractivity contribution in [2.24, 2.45) is 0 Å². The molecule has 0 aliphatic rings. The number of benzene rings is 2. The van der Waals surface area contributed by atoms with Gasteiger partial charge in [0, 0.05) is 7.11 Å². The van der Waals surface area contributed by atoms with Crippen LogP contribution >= 0.6 is 0 Å². The third-order valence-corrected chi connectivity index (χ3v) is 3.84. The first-order valence-electron chi connectivity index (χ1n) is 8.07. The fourth-order valence-corrected chi connectivity index (χ4v) is 2.46. The molecule has 0 aromatic heterocycles. The van der Waals surface area contributed by atoms with Crippen molar-refractivity contribution < 1.29 is 28.5 Å². The number of rotatable bonds is 8. The average Bonchev–Trinajstić information content (AvgIpc) is 2.70. The molecular formula is C20H22O6. The van der Waals surface area contributed by atoms with E-state index in [2.05, 4.69) is 0 Å². The zero-order valence-electron chi connectivity index (χ0n) is 15.1. The van der Waals surface area contributed by atoms with Crippen LogP contribution < -0.4 is 0 Å². The lowest BCUT2D eigenvalue weighted by molar-refractivity contribution is 0.0355. The van der Waals surface area contributed by atoms with Crippen LogP contribution in [0.4, 0.5) is 0 Å². The lowest BCUT2D eigenvalue weighted by Gasteiger charge is -2.19. The number of hydrogen-bond acceptors (Lipinski definition) is 6. The van der Waals surface area contributed by atoms with Gasteiger partial charge in [-0.05, 0) is 35.4 Å². The van der Waals surface area contributed by atoms with Crippen LogP contribution in [0.3, 0.4) is 0 Å². The fourth-order valence-electron chi connectivity index (χ4n) is 2.46. The maximum absolute atomic E-state index is 11.6. The topological polar surface area (TPSA) is 71.1 Å². The third kappa shape index (κ3) is 4.91. The average molecular weight is 358 g/mol. The van der Waals surface area contributed by atoms with Crippen molar-refractivity contribution in [1.29, 1.82) is 0 Å². The molecule has 0 unspecified atom stereocenters. The van der Waals surface area contributed by atoms with Crippen LogP contribution in [0.15, 0.2) is 48.5 Å². The van der Waals surface area contributed by atoms with Gasteiger partial charge in [0.25, 0.3) is 0 Å². The van der Waals surface area contributed by atoms with Crippen molar-refractivity contribution in [2.45, 2.75) is 6.10 Å². The minimum absolute atomic E-state index is 0.358. The van der Waals surface area contributed by atoms with Gasteiger partial charge in [-0.15, -0.1) is 0 Å². The molecule has 2 aromatic carbocycles. The largest absolute Gasteiger partial charge is 0.465 e. The van der Waals surface area contributed by atoms with E-state index in [1.54, 1.807) is 31.4 Å². The highest BCUT2D eigenvalue weighted by atomic mass is 16.5. The molecule has 0 radical (unpaired) electrons. The minimum Gasteiger partial charge on any atom is -0.465 e. The molecule has 6 nitrogen and oxygen atoms in total. The van der Waals surface area contributed by atoms with Crippen molar-refractivity contribution in [1.82, 2.24) is 0 Å². The Morgan fingerprint density at radius 3 is 1.50 bits per heavy atom. The van der Waals surface area contributed by atoms with Gasteiger partial charge in [-0.3, -0.25) is 0 Å². The number of carbonyl (C=O) groups excluding carboxylic acids is 2. The molecule has 6 heteroatoms. The standard InChI is InChI=1S/C20H22O6/c1-23-12-13-26-18(14-4-8-16(9-5-14)19(21)24-2)15-6-10-17(11-7-15)20(22)25-3/h4-11,18H,12-13H2,1-3H3. The Balaban J connectivity index is 2.27. The summed E-state index contributed by atoms with van der Waals surface area (Å²) >= 11 is 0. The smallest absolute Gasteiger partial charge is 0.337 e. The van der Waals surface area contributed by atoms with Gasteiger partial charge in [0.2, 0.25) is 0 Å². The molecule has 0 fully saturated rings. The summed E-state index contributed by atoms with van der Waals surface area (Å²) in [6.45, 7) is 0.857. The first kappa shape index (κ1) is 19.6. The molecule has 0 aliphatic carbocycles. The molecule has 0 spiro atoms. The van der Waals surface area contributed by atoms with Crippen LogP contribution in [0.1, 0.15) is 37.9 Å². The maximum Gasteiger partial charge on any atom is 0.337 e. The third-order valence-electron chi connectivity index (χ3n) is 3.84. The Kier molecular flexibility index (Phi) is 7.32. The zero-order valence-corrected chi connectivity index (χ0v) is 15.1. The summed E-state index contributed by atoms with van der Waals surface area (Å²) < 4.78 is 20.4. The highest BCUT2D eigenvalue weighted by Gasteiger charge is 2.17. The lowest BCUT2D eigenvalue weighted by atomic mass is 9.99. The van der Waals surface area contributed by atoms with E-state index in [1.165, 1.54) is 14.2 Å². The quantitative estimate of drug-likeness (QED) is 0.534. The van der Waals surface area contributed by atoms with Crippen molar-refractivity contribution in [3.63, 3.8) is 0 Å². The normalized spacial score (nSPS) is 10.6. The van der Waals surface area contributed by atoms with Crippen LogP contribution in [-0.4, -0.2) is 46.5 Å². The molecule has 0 N–H and O–H groups in total. The monoisotopic (exact) mass is 358 g/mol. The van der Waals surface area contributed by atoms with Crippen LogP contribution in [0.5, 0.6) is 0 Å². The molecule has 2 aromatic rings. The molecule has 0 saturated carbocycles. The summed E-state index contributed by atoms with van der Waals surface area (Å²) in [4.78, 5) is 23.2. The molecule has 0 atom stereocenters. The number of carbonyl (C=O) groups is 2. The highest BCUT2D eigenvalue weighted by Crippen LogP contribution is 2.27. The van der Waals surface area contributed by atoms with E-state index in [4.69, 9.17) is 18.9 Å². The summed E-state index contributed by atoms with van der Waals surface area (Å²) in [5.74, 6) is -0.785. The first-order chi connectivity index (χ1) is 12.6. The Labute approximate surface area is 152 Å². The number of esters is 2. The summed E-state index contributed by atoms with van der Waals surface area (Å²) in [6.07, 6.45) is -0.358. The summed E-state index contributed by atoms with van der Waals surface area (Å²) in [5.41, 5.74) is 2.68. The van der Waals surface area contributed by atoms with Crippen molar-refractivity contribution >= 4 is 11.9 Å². The molecule has 26 heavy (non-hydrogen) atoms. The molecule has 0 saturated heterocycles. The summed E-state index contributed by atoms with van der Waals surface area (Å²) in [5, 5.41) is 0. The van der Waals surface area contributed by atoms with Crippen LogP contribution in [0.2, 0.25) is 0 Å². The van der Waals surface area contributed by atoms with Gasteiger partial charge in [0.05, 0.1) is 38.6 Å². The van der Waals surface area contributed by atoms with E-state index in [0.29, 0.717) is 24.3 Å². The predicted octanol–water partition coefficient (Wildman–Crippen LogP) is 3.01. The zero-order chi connectivity index (χ0) is 18.9. The van der Waals surface area contributed by atoms with Gasteiger partial charge < -0.3 is 18.9 Å². The lowest BCUT2D eigenvalue weighted by Crippen LogP contribution is -2.11. The summed E-state index contributed by atoms with van der Waals surface area (Å²) in [7, 11) is 4.29. The second-order valence-corrected chi connectivity index (χ2v) is 5.47. The number of ether oxygens (including phenoxy) is 4. The molecule has 0 aliphatic heterocycles. The van der Waals surface area contributed by atoms with Gasteiger partial charge in [0.15, 0.2) is 0 Å². The highest BCUT2D eigenvalue weighted by molar-refractivity contribution is 5.89. The number of hydrogen-bond donors (Lipinski definition) is 0. The Bertz CT molecular complexity index is 661. The Morgan fingerprint density at radius 2 is 1.15 bits per heavy atom. The van der Waals surface area contributed by atoms with Gasteiger partial charge >= 0.3 is 11.9 Å². The molecular weight excluding hydrogens is 336 g/mol. The minimum atomic E-state index is -0.393. The predicted molar refractivity (Wildman–Crippen MR) is 95.2 cm³/mol. The molecule has 0 bridgehead atoms. The Morgan fingerprint density at radius 1 is 0.731 bits per heavy atom. The van der Waals surface area contributed by atoms with Gasteiger partial charge in [-0.1, -0.05) is 24.3 Å². The van der Waals surface area contributed by atoms with Crippen LogP contribution in [-0.2, 0) is 18.9 Å². The molecule has 2 rings (SSSR count). The molecule has 138 valence electrons. The van der Waals surface area contributed by atoms with E-state index in [9.17, 15) is 9.59 Å². The van der Waals surface area contributed by atoms with Crippen LogP contribution in [0, 0.1) is 0 Å². The van der Waals surface area contributed by atoms with Crippen molar-refractivity contribution in [3.05, 3.63) is 70.8 Å². The molecule has 0 amide bonds. The molecule has 0 heterocycles. The van der Waals surface area contributed by atoms with Crippen molar-refractivity contribution in [2.75, 3.05) is 34.5 Å². The van der Waals surface area contributed by atoms with E-state index >= 15 is 0 Å². The number of methoxy groups -OCH3 is 3. The maximum atomic E-state index is 11.6. The van der Waals surface area contributed by atoms with Gasteiger partial charge in [0.1, 0.15) is 6.10 Å². The van der Waals surface area contributed by atoms with Crippen LogP contribution in [0.25, 0.3) is 0 Å². The van der Waals surface area contributed by atoms with Gasteiger partial charge in [-0.2, -0.15) is 0 Å². The van der Waals surface area contributed by atoms with E-state index in [-0.39, 0.29) is 6.10 Å². The van der Waals surface area contributed by atoms with E-state index in [0.717, 1.165) is 11.1 Å². The van der Waals surface area contributed by atoms with E-state index in [1.807, 2.05) is 24.3 Å². The first-order valence-corrected chi connectivity index (χ1v) is 8.07. The Hall–Kier alpha value is -2.70. The van der Waals surface area contributed by atoms with Crippen molar-refractivity contribution in [3.8, 4) is 0 Å². The fraction of sp³-hybridized carbons (Fsp3) is 0.300. The second kappa shape index (κ2) is 9.70. The summed E-state index contributed by atoms with van der Waals surface area (Å²) in [6, 6.07) is 14.0.